The number of nitrogens with one attached hydrogen (secondary N) is 1. The molecule has 2 aromatic carbocycles. The van der Waals surface area contributed by atoms with Crippen molar-refractivity contribution >= 4 is 22.5 Å². The maximum absolute atomic E-state index is 13.3. The summed E-state index contributed by atoms with van der Waals surface area (Å²) in [4.78, 5) is 16.8. The number of halogens is 1. The quantitative estimate of drug-likeness (QED) is 0.718. The number of fused-ring (bicyclic) bond motifs is 1. The molecular weight excluding hydrogens is 345 g/mol. The number of aryl methyl sites for hydroxylation is 1. The van der Waals surface area contributed by atoms with E-state index in [1.165, 1.54) is 18.2 Å². The molecule has 0 atom stereocenters. The van der Waals surface area contributed by atoms with E-state index >= 15 is 0 Å². The largest absolute Gasteiger partial charge is 0.490 e. The van der Waals surface area contributed by atoms with Crippen LogP contribution < -0.4 is 15.8 Å². The van der Waals surface area contributed by atoms with Crippen molar-refractivity contribution in [3.8, 4) is 5.75 Å². The van der Waals surface area contributed by atoms with Gasteiger partial charge in [-0.2, -0.15) is 0 Å². The minimum Gasteiger partial charge on any atom is -0.490 e. The fraction of sp³-hybridized carbons (Fsp3) is 0.238. The molecule has 0 aliphatic rings. The number of pyridine rings is 1. The second-order valence-electron chi connectivity index (χ2n) is 7.14. The van der Waals surface area contributed by atoms with Gasteiger partial charge in [-0.25, -0.2) is 4.39 Å². The van der Waals surface area contributed by atoms with Crippen LogP contribution in [0.2, 0.25) is 0 Å². The molecule has 3 N–H and O–H groups in total. The van der Waals surface area contributed by atoms with E-state index in [0.717, 1.165) is 16.6 Å². The van der Waals surface area contributed by atoms with Crippen LogP contribution in [-0.4, -0.2) is 23.0 Å². The highest BCUT2D eigenvalue weighted by Gasteiger charge is 2.23. The molecule has 0 spiro atoms. The van der Waals surface area contributed by atoms with Crippen molar-refractivity contribution in [1.82, 2.24) is 10.3 Å². The molecule has 0 unspecified atom stereocenters. The Bertz CT molecular complexity index is 1000. The Balaban J connectivity index is 1.76. The number of hydrogen-bond acceptors (Lipinski definition) is 4. The number of nitrogen functional groups attached to an aromatic ring is 1. The maximum atomic E-state index is 13.3. The average Bonchev–Trinajstić information content (AvgIpc) is 2.59. The predicted octanol–water partition coefficient (Wildman–Crippen LogP) is 3.85. The van der Waals surface area contributed by atoms with Gasteiger partial charge in [-0.1, -0.05) is 12.1 Å². The highest BCUT2D eigenvalue weighted by Crippen LogP contribution is 2.30. The summed E-state index contributed by atoms with van der Waals surface area (Å²) in [7, 11) is 0. The molecule has 0 saturated heterocycles. The lowest BCUT2D eigenvalue weighted by atomic mass is 10.1. The van der Waals surface area contributed by atoms with Crippen LogP contribution in [0.15, 0.2) is 48.5 Å². The SMILES string of the molecule is Cc1cc(N)c2c(OCC(C)(C)NC(=O)c3cccc(F)c3)cccc2n1. The topological polar surface area (TPSA) is 77.2 Å². The zero-order valence-corrected chi connectivity index (χ0v) is 15.5. The van der Waals surface area contributed by atoms with Crippen LogP contribution in [0.4, 0.5) is 10.1 Å². The Morgan fingerprint density at radius 1 is 1.22 bits per heavy atom. The summed E-state index contributed by atoms with van der Waals surface area (Å²) in [5.41, 5.74) is 7.90. The van der Waals surface area contributed by atoms with E-state index in [2.05, 4.69) is 10.3 Å². The molecule has 3 aromatic rings. The first kappa shape index (κ1) is 18.6. The second-order valence-corrected chi connectivity index (χ2v) is 7.14. The molecule has 140 valence electrons. The Kier molecular flexibility index (Phi) is 4.99. The van der Waals surface area contributed by atoms with Gasteiger partial charge in [0.25, 0.3) is 5.91 Å². The molecule has 1 aromatic heterocycles. The van der Waals surface area contributed by atoms with Crippen LogP contribution in [0.1, 0.15) is 29.9 Å². The third-order valence-corrected chi connectivity index (χ3v) is 4.08. The summed E-state index contributed by atoms with van der Waals surface area (Å²) >= 11 is 0. The molecule has 0 bridgehead atoms. The predicted molar refractivity (Wildman–Crippen MR) is 104 cm³/mol. The van der Waals surface area contributed by atoms with Gasteiger partial charge in [0.2, 0.25) is 0 Å². The normalized spacial score (nSPS) is 11.4. The van der Waals surface area contributed by atoms with Gasteiger partial charge in [-0.3, -0.25) is 9.78 Å². The van der Waals surface area contributed by atoms with E-state index in [0.29, 0.717) is 11.4 Å². The Morgan fingerprint density at radius 3 is 2.70 bits per heavy atom. The van der Waals surface area contributed by atoms with E-state index < -0.39 is 11.4 Å². The molecule has 1 heterocycles. The van der Waals surface area contributed by atoms with Crippen LogP contribution in [0, 0.1) is 12.7 Å². The van der Waals surface area contributed by atoms with E-state index in [-0.39, 0.29) is 18.1 Å². The number of nitrogens with two attached hydrogens (primary N) is 1. The Hall–Kier alpha value is -3.15. The molecule has 6 heteroatoms. The van der Waals surface area contributed by atoms with Crippen molar-refractivity contribution in [2.75, 3.05) is 12.3 Å². The fourth-order valence-corrected chi connectivity index (χ4v) is 2.85. The van der Waals surface area contributed by atoms with Crippen LogP contribution in [-0.2, 0) is 0 Å². The van der Waals surface area contributed by atoms with Gasteiger partial charge in [0.15, 0.2) is 0 Å². The molecule has 0 saturated carbocycles. The number of hydrogen-bond donors (Lipinski definition) is 2. The van der Waals surface area contributed by atoms with E-state index in [4.69, 9.17) is 10.5 Å². The van der Waals surface area contributed by atoms with Crippen molar-refractivity contribution in [3.05, 3.63) is 65.6 Å². The summed E-state index contributed by atoms with van der Waals surface area (Å²) in [6, 6.07) is 12.9. The number of nitrogens with zero attached hydrogens (tertiary/aromatic N) is 1. The first-order valence-corrected chi connectivity index (χ1v) is 8.62. The molecule has 3 rings (SSSR count). The van der Waals surface area contributed by atoms with Gasteiger partial charge < -0.3 is 15.8 Å². The zero-order chi connectivity index (χ0) is 19.6. The third kappa shape index (κ3) is 4.34. The van der Waals surface area contributed by atoms with Crippen LogP contribution in [0.3, 0.4) is 0 Å². The van der Waals surface area contributed by atoms with Gasteiger partial charge in [-0.05, 0) is 57.2 Å². The second kappa shape index (κ2) is 7.23. The molecule has 0 aliphatic carbocycles. The van der Waals surface area contributed by atoms with Gasteiger partial charge in [-0.15, -0.1) is 0 Å². The van der Waals surface area contributed by atoms with Crippen LogP contribution in [0.25, 0.3) is 10.9 Å². The smallest absolute Gasteiger partial charge is 0.251 e. The van der Waals surface area contributed by atoms with Gasteiger partial charge >= 0.3 is 0 Å². The van der Waals surface area contributed by atoms with Crippen molar-refractivity contribution in [2.45, 2.75) is 26.3 Å². The Labute approximate surface area is 157 Å². The highest BCUT2D eigenvalue weighted by atomic mass is 19.1. The average molecular weight is 367 g/mol. The van der Waals surface area contributed by atoms with Gasteiger partial charge in [0.05, 0.1) is 16.4 Å². The lowest BCUT2D eigenvalue weighted by Gasteiger charge is -2.27. The first-order chi connectivity index (χ1) is 12.7. The molecule has 0 aliphatic heterocycles. The van der Waals surface area contributed by atoms with E-state index in [9.17, 15) is 9.18 Å². The molecule has 27 heavy (non-hydrogen) atoms. The lowest BCUT2D eigenvalue weighted by molar-refractivity contribution is 0.0881. The number of carbonyl (C=O) groups excluding carboxylic acids is 1. The summed E-state index contributed by atoms with van der Waals surface area (Å²) < 4.78 is 19.3. The molecule has 0 fully saturated rings. The molecule has 0 radical (unpaired) electrons. The minimum atomic E-state index is -0.682. The van der Waals surface area contributed by atoms with Crippen LogP contribution >= 0.6 is 0 Å². The maximum Gasteiger partial charge on any atom is 0.251 e. The van der Waals surface area contributed by atoms with Gasteiger partial charge in [0.1, 0.15) is 18.2 Å². The number of anilines is 1. The Morgan fingerprint density at radius 2 is 1.96 bits per heavy atom. The summed E-state index contributed by atoms with van der Waals surface area (Å²) in [6.07, 6.45) is 0. The van der Waals surface area contributed by atoms with Crippen molar-refractivity contribution in [3.63, 3.8) is 0 Å². The molecule has 1 amide bonds. The number of amides is 1. The fourth-order valence-electron chi connectivity index (χ4n) is 2.85. The number of rotatable bonds is 5. The van der Waals surface area contributed by atoms with E-state index in [1.54, 1.807) is 12.1 Å². The third-order valence-electron chi connectivity index (χ3n) is 4.08. The van der Waals surface area contributed by atoms with Crippen LogP contribution in [0.5, 0.6) is 5.75 Å². The first-order valence-electron chi connectivity index (χ1n) is 8.62. The van der Waals surface area contributed by atoms with Gasteiger partial charge in [0, 0.05) is 16.9 Å². The lowest BCUT2D eigenvalue weighted by Crippen LogP contribution is -2.47. The van der Waals surface area contributed by atoms with E-state index in [1.807, 2.05) is 39.0 Å². The number of benzene rings is 2. The molecular formula is C21H22FN3O2. The summed E-state index contributed by atoms with van der Waals surface area (Å²) in [5, 5.41) is 3.61. The minimum absolute atomic E-state index is 0.209. The number of aromatic nitrogens is 1. The van der Waals surface area contributed by atoms with Crippen molar-refractivity contribution < 1.29 is 13.9 Å². The standard InChI is InChI=1S/C21H22FN3O2/c1-13-10-16(23)19-17(24-13)8-5-9-18(19)27-12-21(2,3)25-20(26)14-6-4-7-15(22)11-14/h4-11H,12H2,1-3H3,(H2,23,24)(H,25,26). The molecule has 5 nitrogen and oxygen atoms in total. The summed E-state index contributed by atoms with van der Waals surface area (Å²) in [5.74, 6) is -0.214. The number of ether oxygens (including phenoxy) is 1. The highest BCUT2D eigenvalue weighted by molar-refractivity contribution is 5.96. The zero-order valence-electron chi connectivity index (χ0n) is 15.5. The summed E-state index contributed by atoms with van der Waals surface area (Å²) in [6.45, 7) is 5.76. The number of carbonyl (C=O) groups is 1. The van der Waals surface area contributed by atoms with Crippen molar-refractivity contribution in [1.29, 1.82) is 0 Å². The monoisotopic (exact) mass is 367 g/mol. The van der Waals surface area contributed by atoms with Crippen molar-refractivity contribution in [2.24, 2.45) is 0 Å².